The first-order chi connectivity index (χ1) is 13.2. The largest absolute Gasteiger partial charge is 0.461 e. The van der Waals surface area contributed by atoms with Gasteiger partial charge in [0.1, 0.15) is 5.03 Å². The second-order valence-corrected chi connectivity index (χ2v) is 6.99. The minimum absolute atomic E-state index is 0.237. The molecule has 7 heteroatoms. The molecule has 0 unspecified atom stereocenters. The van der Waals surface area contributed by atoms with Crippen molar-refractivity contribution >= 4 is 33.9 Å². The number of hydrogen-bond donors (Lipinski definition) is 1. The number of carbonyl (C=O) groups excluding carboxylic acids is 1. The number of rotatable bonds is 9. The van der Waals surface area contributed by atoms with Gasteiger partial charge in [-0.25, -0.2) is 14.8 Å². The molecule has 6 nitrogen and oxygen atoms in total. The third-order valence-corrected chi connectivity index (χ3v) is 4.72. The fourth-order valence-corrected chi connectivity index (χ4v) is 3.20. The number of hydrogen-bond acceptors (Lipinski definition) is 6. The number of carbonyl (C=O) groups is 1. The van der Waals surface area contributed by atoms with Crippen molar-refractivity contribution in [2.75, 3.05) is 19.7 Å². The van der Waals surface area contributed by atoms with E-state index in [1.165, 1.54) is 11.8 Å². The van der Waals surface area contributed by atoms with E-state index in [0.717, 1.165) is 49.5 Å². The molecule has 146 valence electrons. The van der Waals surface area contributed by atoms with Crippen LogP contribution in [0, 0.1) is 0 Å². The standard InChI is InChI=1S/C20H28N4O2S/c1-4-7-13-21-20(22-14-8-5-2)27-18-17(19(25)26-6-3)23-15-11-9-10-12-16(15)24-18/h9-12H,4-8,13-14H2,1-3H3,(H,21,22). The van der Waals surface area contributed by atoms with E-state index in [-0.39, 0.29) is 5.69 Å². The maximum absolute atomic E-state index is 12.4. The Balaban J connectivity index is 2.34. The molecule has 1 aromatic carbocycles. The molecule has 2 aromatic rings. The molecule has 0 radical (unpaired) electrons. The third-order valence-electron chi connectivity index (χ3n) is 3.77. The Morgan fingerprint density at radius 3 is 2.48 bits per heavy atom. The lowest BCUT2D eigenvalue weighted by Crippen LogP contribution is -2.23. The number of fused-ring (bicyclic) bond motifs is 1. The van der Waals surface area contributed by atoms with E-state index in [2.05, 4.69) is 34.1 Å². The second kappa shape index (κ2) is 11.5. The number of thioether (sulfide) groups is 1. The van der Waals surface area contributed by atoms with Gasteiger partial charge < -0.3 is 10.1 Å². The number of ether oxygens (including phenoxy) is 1. The Kier molecular flexibility index (Phi) is 9.04. The summed E-state index contributed by atoms with van der Waals surface area (Å²) in [5.74, 6) is -0.459. The van der Waals surface area contributed by atoms with Gasteiger partial charge in [0.2, 0.25) is 0 Å². The van der Waals surface area contributed by atoms with Crippen molar-refractivity contribution in [3.63, 3.8) is 0 Å². The number of esters is 1. The zero-order valence-corrected chi connectivity index (χ0v) is 17.1. The molecule has 0 aliphatic rings. The minimum atomic E-state index is -0.459. The molecule has 0 spiro atoms. The number of aromatic nitrogens is 2. The number of benzene rings is 1. The number of aliphatic imine (C=N–C) groups is 1. The van der Waals surface area contributed by atoms with Crippen molar-refractivity contribution < 1.29 is 9.53 Å². The predicted molar refractivity (Wildman–Crippen MR) is 111 cm³/mol. The lowest BCUT2D eigenvalue weighted by atomic mass is 10.3. The fraction of sp³-hybridized carbons (Fsp3) is 0.500. The monoisotopic (exact) mass is 388 g/mol. The summed E-state index contributed by atoms with van der Waals surface area (Å²) in [6.07, 6.45) is 4.26. The molecule has 0 aliphatic carbocycles. The molecule has 0 aliphatic heterocycles. The molecule has 2 rings (SSSR count). The van der Waals surface area contributed by atoms with Crippen molar-refractivity contribution in [3.05, 3.63) is 30.0 Å². The Morgan fingerprint density at radius 2 is 1.81 bits per heavy atom. The van der Waals surface area contributed by atoms with Crippen molar-refractivity contribution in [2.45, 2.75) is 51.5 Å². The molecule has 1 aromatic heterocycles. The van der Waals surface area contributed by atoms with Crippen LogP contribution in [0.4, 0.5) is 0 Å². The molecule has 27 heavy (non-hydrogen) atoms. The van der Waals surface area contributed by atoms with E-state index < -0.39 is 5.97 Å². The first-order valence-corrected chi connectivity index (χ1v) is 10.4. The van der Waals surface area contributed by atoms with Crippen molar-refractivity contribution in [1.29, 1.82) is 0 Å². The van der Waals surface area contributed by atoms with Crippen LogP contribution in [-0.2, 0) is 4.74 Å². The van der Waals surface area contributed by atoms with Crippen LogP contribution in [0.2, 0.25) is 0 Å². The summed E-state index contributed by atoms with van der Waals surface area (Å²) >= 11 is 1.35. The Morgan fingerprint density at radius 1 is 1.11 bits per heavy atom. The summed E-state index contributed by atoms with van der Waals surface area (Å²) in [6, 6.07) is 7.52. The van der Waals surface area contributed by atoms with Gasteiger partial charge in [0, 0.05) is 13.1 Å². The SMILES string of the molecule is CCCCN=C(NCCCC)Sc1nc2ccccc2nc1C(=O)OCC. The molecule has 0 amide bonds. The van der Waals surface area contributed by atoms with Gasteiger partial charge in [0.25, 0.3) is 0 Å². The zero-order chi connectivity index (χ0) is 19.5. The first-order valence-electron chi connectivity index (χ1n) is 9.59. The van der Waals surface area contributed by atoms with Crippen molar-refractivity contribution in [3.8, 4) is 0 Å². The van der Waals surface area contributed by atoms with Gasteiger partial charge in [-0.15, -0.1) is 0 Å². The fourth-order valence-electron chi connectivity index (χ4n) is 2.31. The summed E-state index contributed by atoms with van der Waals surface area (Å²) in [4.78, 5) is 26.2. The quantitative estimate of drug-likeness (QED) is 0.225. The highest BCUT2D eigenvalue weighted by atomic mass is 32.2. The van der Waals surface area contributed by atoms with E-state index in [9.17, 15) is 4.79 Å². The number of nitrogens with zero attached hydrogens (tertiary/aromatic N) is 3. The van der Waals surface area contributed by atoms with Gasteiger partial charge in [-0.05, 0) is 43.7 Å². The summed E-state index contributed by atoms with van der Waals surface area (Å²) in [5, 5.41) is 4.66. The van der Waals surface area contributed by atoms with Crippen LogP contribution in [0.5, 0.6) is 0 Å². The van der Waals surface area contributed by atoms with Crippen LogP contribution in [-0.4, -0.2) is 40.8 Å². The molecule has 0 atom stereocenters. The third kappa shape index (κ3) is 6.50. The normalized spacial score (nSPS) is 11.6. The second-order valence-electron chi connectivity index (χ2n) is 6.01. The van der Waals surface area contributed by atoms with Crippen LogP contribution < -0.4 is 5.32 Å². The Labute approximate surface area is 165 Å². The van der Waals surface area contributed by atoms with E-state index >= 15 is 0 Å². The van der Waals surface area contributed by atoms with Crippen LogP contribution in [0.3, 0.4) is 0 Å². The van der Waals surface area contributed by atoms with E-state index in [1.54, 1.807) is 6.92 Å². The minimum Gasteiger partial charge on any atom is -0.461 e. The van der Waals surface area contributed by atoms with Gasteiger partial charge in [0.05, 0.1) is 17.6 Å². The molecule has 0 saturated heterocycles. The van der Waals surface area contributed by atoms with Gasteiger partial charge in [-0.2, -0.15) is 0 Å². The molecular weight excluding hydrogens is 360 g/mol. The van der Waals surface area contributed by atoms with E-state index in [0.29, 0.717) is 17.1 Å². The predicted octanol–water partition coefficient (Wildman–Crippen LogP) is 4.44. The van der Waals surface area contributed by atoms with Crippen molar-refractivity contribution in [1.82, 2.24) is 15.3 Å². The zero-order valence-electron chi connectivity index (χ0n) is 16.3. The van der Waals surface area contributed by atoms with Gasteiger partial charge >= 0.3 is 5.97 Å². The van der Waals surface area contributed by atoms with Crippen molar-refractivity contribution in [2.24, 2.45) is 4.99 Å². The maximum Gasteiger partial charge on any atom is 0.359 e. The van der Waals surface area contributed by atoms with Crippen LogP contribution in [0.15, 0.2) is 34.3 Å². The summed E-state index contributed by atoms with van der Waals surface area (Å²) < 4.78 is 5.18. The highest BCUT2D eigenvalue weighted by molar-refractivity contribution is 8.13. The maximum atomic E-state index is 12.4. The van der Waals surface area contributed by atoms with E-state index in [1.807, 2.05) is 24.3 Å². The number of amidine groups is 1. The lowest BCUT2D eigenvalue weighted by molar-refractivity contribution is 0.0514. The van der Waals surface area contributed by atoms with Gasteiger partial charge in [-0.1, -0.05) is 38.8 Å². The molecule has 0 saturated carbocycles. The molecule has 1 heterocycles. The van der Waals surface area contributed by atoms with Crippen LogP contribution in [0.25, 0.3) is 11.0 Å². The van der Waals surface area contributed by atoms with E-state index in [4.69, 9.17) is 4.74 Å². The van der Waals surface area contributed by atoms with Crippen LogP contribution in [0.1, 0.15) is 56.9 Å². The van der Waals surface area contributed by atoms with Crippen LogP contribution >= 0.6 is 11.8 Å². The summed E-state index contributed by atoms with van der Waals surface area (Å²) in [7, 11) is 0. The smallest absolute Gasteiger partial charge is 0.359 e. The highest BCUT2D eigenvalue weighted by Gasteiger charge is 2.20. The number of unbranched alkanes of at least 4 members (excludes halogenated alkanes) is 2. The Bertz CT molecular complexity index is 780. The summed E-state index contributed by atoms with van der Waals surface area (Å²) in [5.41, 5.74) is 1.66. The summed E-state index contributed by atoms with van der Waals surface area (Å²) in [6.45, 7) is 7.95. The lowest BCUT2D eigenvalue weighted by Gasteiger charge is -2.12. The average Bonchev–Trinajstić information content (AvgIpc) is 2.67. The highest BCUT2D eigenvalue weighted by Crippen LogP contribution is 2.24. The number of nitrogens with one attached hydrogen (secondary N) is 1. The first kappa shape index (κ1) is 21.2. The molecule has 0 fully saturated rings. The number of para-hydroxylation sites is 2. The average molecular weight is 389 g/mol. The van der Waals surface area contributed by atoms with Gasteiger partial charge in [0.15, 0.2) is 10.9 Å². The molecule has 0 bridgehead atoms. The van der Waals surface area contributed by atoms with Gasteiger partial charge in [-0.3, -0.25) is 4.99 Å². The Hall–Kier alpha value is -2.15. The topological polar surface area (TPSA) is 76.5 Å². The molecule has 1 N–H and O–H groups in total. The molecular formula is C20H28N4O2S.